The molecule has 1 aromatic carbocycles. The summed E-state index contributed by atoms with van der Waals surface area (Å²) in [5.74, 6) is -1.06. The number of hydrogen-bond acceptors (Lipinski definition) is 5. The minimum absolute atomic E-state index is 0.273. The highest BCUT2D eigenvalue weighted by Gasteiger charge is 2.27. The van der Waals surface area contributed by atoms with Crippen LogP contribution < -0.4 is 15.5 Å². The molecule has 0 aromatic heterocycles. The Bertz CT molecular complexity index is 608. The Kier molecular flexibility index (Phi) is 3.98. The molecule has 3 rings (SSSR count). The Labute approximate surface area is 127 Å². The summed E-state index contributed by atoms with van der Waals surface area (Å²) < 4.78 is 14.2. The highest BCUT2D eigenvalue weighted by atomic mass is 19.1. The zero-order chi connectivity index (χ0) is 15.7. The van der Waals surface area contributed by atoms with Gasteiger partial charge in [-0.3, -0.25) is 14.9 Å². The van der Waals surface area contributed by atoms with Crippen molar-refractivity contribution in [2.45, 2.75) is 31.4 Å². The van der Waals surface area contributed by atoms with Gasteiger partial charge in [0.1, 0.15) is 11.9 Å². The monoisotopic (exact) mass is 307 g/mol. The average molecular weight is 307 g/mol. The third-order valence-electron chi connectivity index (χ3n) is 4.03. The van der Waals surface area contributed by atoms with Gasteiger partial charge < -0.3 is 15.3 Å². The molecule has 2 amide bonds. The SMILES string of the molecule is O=C1CCC(Nc2ccc(N3CCC(O)C3)c(F)c2)C(=O)N1. The summed E-state index contributed by atoms with van der Waals surface area (Å²) in [5, 5.41) is 14.7. The fourth-order valence-corrected chi connectivity index (χ4v) is 2.85. The molecule has 7 heteroatoms. The lowest BCUT2D eigenvalue weighted by Crippen LogP contribution is -2.47. The highest BCUT2D eigenvalue weighted by Crippen LogP contribution is 2.27. The normalized spacial score (nSPS) is 25.3. The van der Waals surface area contributed by atoms with Gasteiger partial charge in [0.15, 0.2) is 0 Å². The van der Waals surface area contributed by atoms with Gasteiger partial charge in [-0.15, -0.1) is 0 Å². The van der Waals surface area contributed by atoms with E-state index in [9.17, 15) is 19.1 Å². The number of carbonyl (C=O) groups excluding carboxylic acids is 2. The number of anilines is 2. The van der Waals surface area contributed by atoms with Gasteiger partial charge in [0.2, 0.25) is 11.8 Å². The molecular weight excluding hydrogens is 289 g/mol. The number of β-amino-alcohol motifs (C(OH)–C–C–N with tert-alkyl or cyclic N) is 1. The van der Waals surface area contributed by atoms with E-state index in [0.717, 1.165) is 0 Å². The number of nitrogens with one attached hydrogen (secondary N) is 2. The van der Waals surface area contributed by atoms with Crippen molar-refractivity contribution in [2.75, 3.05) is 23.3 Å². The average Bonchev–Trinajstić information content (AvgIpc) is 2.88. The van der Waals surface area contributed by atoms with Crippen molar-refractivity contribution in [1.82, 2.24) is 5.32 Å². The standard InChI is InChI=1S/C15H18FN3O3/c16-11-7-9(17-12-2-4-14(21)18-15(12)22)1-3-13(11)19-6-5-10(20)8-19/h1,3,7,10,12,17,20H,2,4-6,8H2,(H,18,21,22). The molecule has 1 aromatic rings. The molecule has 2 aliphatic heterocycles. The Morgan fingerprint density at radius 3 is 2.77 bits per heavy atom. The first-order chi connectivity index (χ1) is 10.5. The van der Waals surface area contributed by atoms with Crippen molar-refractivity contribution in [1.29, 1.82) is 0 Å². The van der Waals surface area contributed by atoms with Crippen molar-refractivity contribution >= 4 is 23.2 Å². The smallest absolute Gasteiger partial charge is 0.249 e. The fourth-order valence-electron chi connectivity index (χ4n) is 2.85. The number of aliphatic hydroxyl groups is 1. The number of amides is 2. The summed E-state index contributed by atoms with van der Waals surface area (Å²) in [5.41, 5.74) is 0.945. The van der Waals surface area contributed by atoms with Crippen LogP contribution in [0.5, 0.6) is 0 Å². The van der Waals surface area contributed by atoms with Gasteiger partial charge >= 0.3 is 0 Å². The van der Waals surface area contributed by atoms with Crippen molar-refractivity contribution in [3.8, 4) is 0 Å². The van der Waals surface area contributed by atoms with E-state index in [1.54, 1.807) is 17.0 Å². The molecule has 6 nitrogen and oxygen atoms in total. The van der Waals surface area contributed by atoms with Crippen molar-refractivity contribution in [3.63, 3.8) is 0 Å². The van der Waals surface area contributed by atoms with Crippen LogP contribution >= 0.6 is 0 Å². The van der Waals surface area contributed by atoms with Crippen molar-refractivity contribution in [3.05, 3.63) is 24.0 Å². The van der Waals surface area contributed by atoms with Crippen LogP contribution in [0.2, 0.25) is 0 Å². The molecule has 2 aliphatic rings. The second-order valence-electron chi connectivity index (χ2n) is 5.70. The molecular formula is C15H18FN3O3. The minimum atomic E-state index is -0.531. The molecule has 0 spiro atoms. The zero-order valence-corrected chi connectivity index (χ0v) is 12.0. The van der Waals surface area contributed by atoms with Gasteiger partial charge in [-0.25, -0.2) is 4.39 Å². The Morgan fingerprint density at radius 2 is 2.14 bits per heavy atom. The molecule has 3 N–H and O–H groups in total. The van der Waals surface area contributed by atoms with E-state index in [1.165, 1.54) is 6.07 Å². The van der Waals surface area contributed by atoms with Gasteiger partial charge in [0.25, 0.3) is 0 Å². The van der Waals surface area contributed by atoms with Crippen LogP contribution in [0.15, 0.2) is 18.2 Å². The van der Waals surface area contributed by atoms with E-state index in [2.05, 4.69) is 10.6 Å². The Balaban J connectivity index is 1.69. The molecule has 0 aliphatic carbocycles. The Hall–Kier alpha value is -2.15. The summed E-state index contributed by atoms with van der Waals surface area (Å²) in [6.45, 7) is 1.05. The van der Waals surface area contributed by atoms with E-state index in [0.29, 0.717) is 37.3 Å². The van der Waals surface area contributed by atoms with Gasteiger partial charge in [0.05, 0.1) is 11.8 Å². The van der Waals surface area contributed by atoms with Crippen LogP contribution in [0.3, 0.4) is 0 Å². The van der Waals surface area contributed by atoms with Gasteiger partial charge in [-0.2, -0.15) is 0 Å². The number of nitrogens with zero attached hydrogens (tertiary/aromatic N) is 1. The van der Waals surface area contributed by atoms with Crippen LogP contribution in [0.1, 0.15) is 19.3 Å². The van der Waals surface area contributed by atoms with E-state index >= 15 is 0 Å². The van der Waals surface area contributed by atoms with Gasteiger partial charge in [-0.05, 0) is 31.0 Å². The van der Waals surface area contributed by atoms with Crippen LogP contribution in [-0.2, 0) is 9.59 Å². The lowest BCUT2D eigenvalue weighted by atomic mass is 10.1. The molecule has 118 valence electrons. The molecule has 0 radical (unpaired) electrons. The second-order valence-corrected chi connectivity index (χ2v) is 5.70. The first kappa shape index (κ1) is 14.8. The lowest BCUT2D eigenvalue weighted by Gasteiger charge is -2.24. The van der Waals surface area contributed by atoms with Crippen LogP contribution in [0.4, 0.5) is 15.8 Å². The van der Waals surface area contributed by atoms with Gasteiger partial charge in [-0.1, -0.05) is 0 Å². The maximum absolute atomic E-state index is 14.2. The molecule has 2 atom stereocenters. The third-order valence-corrected chi connectivity index (χ3v) is 4.03. The van der Waals surface area contributed by atoms with Crippen molar-refractivity contribution in [2.24, 2.45) is 0 Å². The maximum Gasteiger partial charge on any atom is 0.249 e. The predicted octanol–water partition coefficient (Wildman–Crippen LogP) is 0.614. The number of carbonyl (C=O) groups is 2. The molecule has 2 saturated heterocycles. The largest absolute Gasteiger partial charge is 0.391 e. The third kappa shape index (κ3) is 3.04. The fraction of sp³-hybridized carbons (Fsp3) is 0.467. The zero-order valence-electron chi connectivity index (χ0n) is 12.0. The molecule has 0 bridgehead atoms. The molecule has 22 heavy (non-hydrogen) atoms. The number of hydrogen-bond donors (Lipinski definition) is 3. The summed E-state index contributed by atoms with van der Waals surface area (Å²) in [4.78, 5) is 24.6. The summed E-state index contributed by atoms with van der Waals surface area (Å²) >= 11 is 0. The number of imide groups is 1. The van der Waals surface area contributed by atoms with Crippen LogP contribution in [0, 0.1) is 5.82 Å². The first-order valence-electron chi connectivity index (χ1n) is 7.36. The molecule has 0 saturated carbocycles. The summed E-state index contributed by atoms with van der Waals surface area (Å²) in [6.07, 6.45) is 0.887. The number of rotatable bonds is 3. The first-order valence-corrected chi connectivity index (χ1v) is 7.36. The quantitative estimate of drug-likeness (QED) is 0.713. The summed E-state index contributed by atoms with van der Waals surface area (Å²) in [7, 11) is 0. The lowest BCUT2D eigenvalue weighted by molar-refractivity contribution is -0.133. The molecule has 2 fully saturated rings. The Morgan fingerprint density at radius 1 is 1.32 bits per heavy atom. The van der Waals surface area contributed by atoms with Crippen molar-refractivity contribution < 1.29 is 19.1 Å². The topological polar surface area (TPSA) is 81.7 Å². The van der Waals surface area contributed by atoms with E-state index < -0.39 is 18.0 Å². The number of piperidine rings is 1. The van der Waals surface area contributed by atoms with Crippen LogP contribution in [0.25, 0.3) is 0 Å². The highest BCUT2D eigenvalue weighted by molar-refractivity contribution is 6.01. The molecule has 2 heterocycles. The second kappa shape index (κ2) is 5.92. The maximum atomic E-state index is 14.2. The minimum Gasteiger partial charge on any atom is -0.391 e. The van der Waals surface area contributed by atoms with Crippen LogP contribution in [-0.4, -0.2) is 42.2 Å². The number of aliphatic hydroxyl groups excluding tert-OH is 1. The van der Waals surface area contributed by atoms with E-state index in [1.807, 2.05) is 0 Å². The van der Waals surface area contributed by atoms with E-state index in [4.69, 9.17) is 0 Å². The predicted molar refractivity (Wildman–Crippen MR) is 79.0 cm³/mol. The number of halogens is 1. The molecule has 2 unspecified atom stereocenters. The summed E-state index contributed by atoms with van der Waals surface area (Å²) in [6, 6.07) is 4.15. The van der Waals surface area contributed by atoms with Gasteiger partial charge in [0, 0.05) is 25.2 Å². The number of benzene rings is 1. The van der Waals surface area contributed by atoms with E-state index in [-0.39, 0.29) is 18.2 Å².